The van der Waals surface area contributed by atoms with Crippen molar-refractivity contribution in [3.63, 3.8) is 0 Å². The zero-order valence-corrected chi connectivity index (χ0v) is 10.6. The summed E-state index contributed by atoms with van der Waals surface area (Å²) >= 11 is 11.6. The molecule has 0 amide bonds. The monoisotopic (exact) mass is 283 g/mol. The third kappa shape index (κ3) is 4.39. The smallest absolute Gasteiger partial charge is 0.265 e. The van der Waals surface area contributed by atoms with Gasteiger partial charge in [0.1, 0.15) is 6.10 Å². The molecule has 1 rings (SSSR count). The summed E-state index contributed by atoms with van der Waals surface area (Å²) < 4.78 is 24.1. The van der Waals surface area contributed by atoms with Crippen molar-refractivity contribution in [2.75, 3.05) is 6.54 Å². The third-order valence-electron chi connectivity index (χ3n) is 2.37. The molecule has 0 aliphatic heterocycles. The highest BCUT2D eigenvalue weighted by Gasteiger charge is 2.17. The van der Waals surface area contributed by atoms with Gasteiger partial charge in [0.2, 0.25) is 0 Å². The molecule has 2 N–H and O–H groups in total. The van der Waals surface area contributed by atoms with Crippen LogP contribution in [0.5, 0.6) is 0 Å². The maximum absolute atomic E-state index is 12.1. The van der Waals surface area contributed by atoms with Gasteiger partial charge in [-0.15, -0.1) is 0 Å². The van der Waals surface area contributed by atoms with E-state index in [-0.39, 0.29) is 12.6 Å². The largest absolute Gasteiger partial charge is 0.386 e. The van der Waals surface area contributed by atoms with E-state index in [0.717, 1.165) is 5.56 Å². The molecule has 17 heavy (non-hydrogen) atoms. The quantitative estimate of drug-likeness (QED) is 0.869. The molecule has 2 nitrogen and oxygen atoms in total. The van der Waals surface area contributed by atoms with Crippen LogP contribution in [0.1, 0.15) is 18.5 Å². The summed E-state index contributed by atoms with van der Waals surface area (Å²) in [6.45, 7) is 1.61. The minimum Gasteiger partial charge on any atom is -0.386 e. The van der Waals surface area contributed by atoms with Crippen molar-refractivity contribution in [1.29, 1.82) is 0 Å². The minimum absolute atomic E-state index is 0.181. The Kier molecular flexibility index (Phi) is 5.59. The van der Waals surface area contributed by atoms with Crippen molar-refractivity contribution in [3.8, 4) is 0 Å². The van der Waals surface area contributed by atoms with Crippen LogP contribution in [0, 0.1) is 0 Å². The van der Waals surface area contributed by atoms with Crippen molar-refractivity contribution in [2.45, 2.75) is 25.5 Å². The van der Waals surface area contributed by atoms with Crippen LogP contribution in [-0.2, 0) is 0 Å². The van der Waals surface area contributed by atoms with Gasteiger partial charge in [0, 0.05) is 12.6 Å². The van der Waals surface area contributed by atoms with Crippen LogP contribution in [0.4, 0.5) is 8.78 Å². The second-order valence-electron chi connectivity index (χ2n) is 3.71. The van der Waals surface area contributed by atoms with Crippen LogP contribution in [0.2, 0.25) is 10.0 Å². The second-order valence-corrected chi connectivity index (χ2v) is 4.52. The van der Waals surface area contributed by atoms with Crippen LogP contribution in [-0.4, -0.2) is 24.2 Å². The predicted octanol–water partition coefficient (Wildman–Crippen LogP) is 3.27. The first-order valence-electron chi connectivity index (χ1n) is 5.06. The molecule has 2 unspecified atom stereocenters. The molecular weight excluding hydrogens is 271 g/mol. The summed E-state index contributed by atoms with van der Waals surface area (Å²) in [5.74, 6) is 0. The maximum atomic E-state index is 12.1. The minimum atomic E-state index is -2.75. The lowest BCUT2D eigenvalue weighted by Crippen LogP contribution is -2.33. The number of hydrogen-bond donors (Lipinski definition) is 2. The van der Waals surface area contributed by atoms with Gasteiger partial charge in [-0.2, -0.15) is 0 Å². The molecule has 0 aromatic heterocycles. The van der Waals surface area contributed by atoms with Gasteiger partial charge in [-0.3, -0.25) is 0 Å². The molecule has 1 aromatic rings. The van der Waals surface area contributed by atoms with E-state index >= 15 is 0 Å². The van der Waals surface area contributed by atoms with Crippen molar-refractivity contribution in [2.24, 2.45) is 0 Å². The Morgan fingerprint density at radius 1 is 1.29 bits per heavy atom. The lowest BCUT2D eigenvalue weighted by Gasteiger charge is -2.17. The number of rotatable bonds is 5. The molecule has 0 saturated heterocycles. The first-order valence-corrected chi connectivity index (χ1v) is 5.82. The summed E-state index contributed by atoms with van der Waals surface area (Å²) in [7, 11) is 0. The van der Waals surface area contributed by atoms with Gasteiger partial charge in [0.15, 0.2) is 0 Å². The SMILES string of the molecule is CC(NCC(O)C(F)F)c1ccc(Cl)c(Cl)c1. The normalized spacial score (nSPS) is 15.0. The first kappa shape index (κ1) is 14.6. The van der Waals surface area contributed by atoms with E-state index in [1.165, 1.54) is 0 Å². The van der Waals surface area contributed by atoms with Crippen molar-refractivity contribution < 1.29 is 13.9 Å². The fraction of sp³-hybridized carbons (Fsp3) is 0.455. The lowest BCUT2D eigenvalue weighted by atomic mass is 10.1. The summed E-state index contributed by atoms with van der Waals surface area (Å²) in [6.07, 6.45) is -4.41. The van der Waals surface area contributed by atoms with E-state index in [1.807, 2.05) is 0 Å². The molecule has 0 radical (unpaired) electrons. The Morgan fingerprint density at radius 2 is 1.94 bits per heavy atom. The zero-order valence-electron chi connectivity index (χ0n) is 9.13. The van der Waals surface area contributed by atoms with Gasteiger partial charge in [-0.05, 0) is 24.6 Å². The van der Waals surface area contributed by atoms with Crippen molar-refractivity contribution >= 4 is 23.2 Å². The third-order valence-corrected chi connectivity index (χ3v) is 3.11. The van der Waals surface area contributed by atoms with E-state index in [4.69, 9.17) is 28.3 Å². The number of hydrogen-bond acceptors (Lipinski definition) is 2. The number of halogens is 4. The van der Waals surface area contributed by atoms with Crippen LogP contribution in [0.15, 0.2) is 18.2 Å². The Bertz CT molecular complexity index is 376. The Labute approximate surface area is 109 Å². The summed E-state index contributed by atoms with van der Waals surface area (Å²) in [5.41, 5.74) is 0.820. The number of benzene rings is 1. The van der Waals surface area contributed by atoms with E-state index < -0.39 is 12.5 Å². The summed E-state index contributed by atoms with van der Waals surface area (Å²) in [4.78, 5) is 0. The van der Waals surface area contributed by atoms with E-state index in [1.54, 1.807) is 25.1 Å². The van der Waals surface area contributed by atoms with Crippen LogP contribution in [0.3, 0.4) is 0 Å². The average molecular weight is 284 g/mol. The zero-order chi connectivity index (χ0) is 13.0. The molecule has 0 aliphatic carbocycles. The van der Waals surface area contributed by atoms with Crippen LogP contribution >= 0.6 is 23.2 Å². The molecule has 0 saturated carbocycles. The van der Waals surface area contributed by atoms with Gasteiger partial charge >= 0.3 is 0 Å². The number of aliphatic hydroxyl groups is 1. The number of nitrogens with one attached hydrogen (secondary N) is 1. The first-order chi connectivity index (χ1) is 7.91. The second kappa shape index (κ2) is 6.50. The molecule has 1 aromatic carbocycles. The standard InChI is InChI=1S/C11H13Cl2F2NO/c1-6(16-5-10(17)11(14)15)7-2-3-8(12)9(13)4-7/h2-4,6,10-11,16-17H,5H2,1H3. The van der Waals surface area contributed by atoms with E-state index in [2.05, 4.69) is 5.32 Å². The lowest BCUT2D eigenvalue weighted by molar-refractivity contribution is -0.00439. The maximum Gasteiger partial charge on any atom is 0.265 e. The highest BCUT2D eigenvalue weighted by atomic mass is 35.5. The molecule has 0 bridgehead atoms. The fourth-order valence-electron chi connectivity index (χ4n) is 1.29. The summed E-state index contributed by atoms with van der Waals surface area (Å²) in [5, 5.41) is 12.6. The van der Waals surface area contributed by atoms with E-state index in [9.17, 15) is 8.78 Å². The Hall–Kier alpha value is -0.420. The molecule has 2 atom stereocenters. The molecule has 6 heteroatoms. The van der Waals surface area contributed by atoms with Gasteiger partial charge in [-0.1, -0.05) is 29.3 Å². The molecular formula is C11H13Cl2F2NO. The number of aliphatic hydroxyl groups excluding tert-OH is 1. The van der Waals surface area contributed by atoms with Crippen LogP contribution in [0.25, 0.3) is 0 Å². The van der Waals surface area contributed by atoms with Gasteiger partial charge in [0.25, 0.3) is 6.43 Å². The van der Waals surface area contributed by atoms with Crippen LogP contribution < -0.4 is 5.32 Å². The molecule has 0 aliphatic rings. The Balaban J connectivity index is 2.58. The van der Waals surface area contributed by atoms with Gasteiger partial charge < -0.3 is 10.4 Å². The molecule has 0 fully saturated rings. The van der Waals surface area contributed by atoms with Gasteiger partial charge in [0.05, 0.1) is 10.0 Å². The molecule has 0 spiro atoms. The number of alkyl halides is 2. The van der Waals surface area contributed by atoms with Crippen molar-refractivity contribution in [3.05, 3.63) is 33.8 Å². The topological polar surface area (TPSA) is 32.3 Å². The fourth-order valence-corrected chi connectivity index (χ4v) is 1.59. The Morgan fingerprint density at radius 3 is 2.47 bits per heavy atom. The average Bonchev–Trinajstić information content (AvgIpc) is 2.28. The highest BCUT2D eigenvalue weighted by molar-refractivity contribution is 6.42. The molecule has 96 valence electrons. The summed E-state index contributed by atoms with van der Waals surface area (Å²) in [6, 6.07) is 4.86. The van der Waals surface area contributed by atoms with E-state index in [0.29, 0.717) is 10.0 Å². The highest BCUT2D eigenvalue weighted by Crippen LogP contribution is 2.25. The van der Waals surface area contributed by atoms with Crippen molar-refractivity contribution in [1.82, 2.24) is 5.32 Å². The van der Waals surface area contributed by atoms with Gasteiger partial charge in [-0.25, -0.2) is 8.78 Å². The predicted molar refractivity (Wildman–Crippen MR) is 64.9 cm³/mol. The molecule has 0 heterocycles.